The van der Waals surface area contributed by atoms with E-state index in [4.69, 9.17) is 0 Å². The molecule has 0 radical (unpaired) electrons. The number of nitrogens with one attached hydrogen (secondary N) is 1. The number of rotatable bonds is 6. The van der Waals surface area contributed by atoms with Gasteiger partial charge in [-0.3, -0.25) is 19.7 Å². The molecule has 0 aliphatic carbocycles. The van der Waals surface area contributed by atoms with Crippen molar-refractivity contribution < 1.29 is 14.5 Å². The lowest BCUT2D eigenvalue weighted by molar-refractivity contribution is -0.384. The Morgan fingerprint density at radius 1 is 1.44 bits per heavy atom. The van der Waals surface area contributed by atoms with E-state index in [9.17, 15) is 19.7 Å². The van der Waals surface area contributed by atoms with Crippen LogP contribution in [-0.2, 0) is 4.79 Å². The lowest BCUT2D eigenvalue weighted by Gasteiger charge is -2.32. The van der Waals surface area contributed by atoms with Crippen LogP contribution < -0.4 is 5.32 Å². The number of carbonyl (C=O) groups is 2. The van der Waals surface area contributed by atoms with E-state index in [1.807, 2.05) is 22.6 Å². The van der Waals surface area contributed by atoms with E-state index in [1.54, 1.807) is 11.0 Å². The highest BCUT2D eigenvalue weighted by Gasteiger charge is 2.30. The quantitative estimate of drug-likeness (QED) is 0.307. The molecule has 1 fully saturated rings. The largest absolute Gasteiger partial charge is 0.356 e. The average Bonchev–Trinajstić information content (AvgIpc) is 2.61. The molecule has 1 atom stereocenters. The molecule has 1 saturated heterocycles. The van der Waals surface area contributed by atoms with E-state index in [0.29, 0.717) is 28.8 Å². The summed E-state index contributed by atoms with van der Waals surface area (Å²) in [5.74, 6) is -0.482. The van der Waals surface area contributed by atoms with Crippen LogP contribution >= 0.6 is 22.6 Å². The minimum absolute atomic E-state index is 0.0142. The summed E-state index contributed by atoms with van der Waals surface area (Å²) in [6.45, 7) is 3.64. The summed E-state index contributed by atoms with van der Waals surface area (Å²) in [7, 11) is 0. The Bertz CT molecular complexity index is 665. The topological polar surface area (TPSA) is 92.6 Å². The highest BCUT2D eigenvalue weighted by molar-refractivity contribution is 14.1. The van der Waals surface area contributed by atoms with Crippen molar-refractivity contribution in [2.24, 2.45) is 5.92 Å². The third-order valence-electron chi connectivity index (χ3n) is 4.30. The second-order valence-corrected chi connectivity index (χ2v) is 7.32. The number of nitro groups is 1. The normalized spacial score (nSPS) is 17.2. The first-order valence-electron chi connectivity index (χ1n) is 8.45. The van der Waals surface area contributed by atoms with Crippen LogP contribution in [0.2, 0.25) is 0 Å². The predicted octanol–water partition coefficient (Wildman–Crippen LogP) is 2.97. The van der Waals surface area contributed by atoms with Crippen molar-refractivity contribution in [3.63, 3.8) is 0 Å². The van der Waals surface area contributed by atoms with E-state index in [1.165, 1.54) is 12.1 Å². The summed E-state index contributed by atoms with van der Waals surface area (Å²) in [5, 5.41) is 13.9. The summed E-state index contributed by atoms with van der Waals surface area (Å²) in [4.78, 5) is 37.1. The number of carbonyl (C=O) groups excluding carboxylic acids is 2. The first-order chi connectivity index (χ1) is 11.9. The van der Waals surface area contributed by atoms with Gasteiger partial charge in [0, 0.05) is 35.3 Å². The van der Waals surface area contributed by atoms with Gasteiger partial charge in [0.2, 0.25) is 5.91 Å². The van der Waals surface area contributed by atoms with Crippen molar-refractivity contribution in [1.29, 1.82) is 0 Å². The molecule has 2 amide bonds. The van der Waals surface area contributed by atoms with Gasteiger partial charge in [0.05, 0.1) is 16.4 Å². The minimum atomic E-state index is -0.507. The van der Waals surface area contributed by atoms with Crippen LogP contribution in [0.5, 0.6) is 0 Å². The zero-order valence-electron chi connectivity index (χ0n) is 14.2. The fourth-order valence-electron chi connectivity index (χ4n) is 2.87. The second-order valence-electron chi connectivity index (χ2n) is 6.16. The van der Waals surface area contributed by atoms with Gasteiger partial charge in [0.15, 0.2) is 0 Å². The predicted molar refractivity (Wildman–Crippen MR) is 102 cm³/mol. The number of piperidine rings is 1. The smallest absolute Gasteiger partial charge is 0.270 e. The van der Waals surface area contributed by atoms with Crippen molar-refractivity contribution in [2.45, 2.75) is 32.6 Å². The molecule has 1 unspecified atom stereocenters. The van der Waals surface area contributed by atoms with E-state index < -0.39 is 4.92 Å². The molecule has 0 aromatic heterocycles. The molecule has 25 heavy (non-hydrogen) atoms. The summed E-state index contributed by atoms with van der Waals surface area (Å²) >= 11 is 2.00. The Kier molecular flexibility index (Phi) is 7.15. The average molecular weight is 459 g/mol. The molecular weight excluding hydrogens is 437 g/mol. The molecule has 8 heteroatoms. The molecule has 0 saturated carbocycles. The molecule has 1 aliphatic rings. The number of nitrogens with zero attached hydrogens (tertiary/aromatic N) is 2. The summed E-state index contributed by atoms with van der Waals surface area (Å²) < 4.78 is 0.669. The van der Waals surface area contributed by atoms with Crippen LogP contribution in [-0.4, -0.2) is 41.3 Å². The number of halogens is 1. The zero-order valence-corrected chi connectivity index (χ0v) is 16.3. The van der Waals surface area contributed by atoms with Crippen LogP contribution in [0.15, 0.2) is 18.2 Å². The molecule has 7 nitrogen and oxygen atoms in total. The maximum atomic E-state index is 12.8. The van der Waals surface area contributed by atoms with E-state index in [-0.39, 0.29) is 23.4 Å². The number of unbranched alkanes of at least 4 members (excludes halogenated alkanes) is 1. The van der Waals surface area contributed by atoms with Crippen LogP contribution in [0.25, 0.3) is 0 Å². The van der Waals surface area contributed by atoms with Gasteiger partial charge in [-0.05, 0) is 47.9 Å². The molecular formula is C17H22IN3O4. The lowest BCUT2D eigenvalue weighted by Crippen LogP contribution is -2.45. The molecule has 136 valence electrons. The molecule has 1 aromatic rings. The van der Waals surface area contributed by atoms with Crippen LogP contribution in [0, 0.1) is 19.6 Å². The zero-order chi connectivity index (χ0) is 18.4. The van der Waals surface area contributed by atoms with E-state index >= 15 is 0 Å². The van der Waals surface area contributed by atoms with E-state index in [0.717, 1.165) is 25.7 Å². The number of amides is 2. The third kappa shape index (κ3) is 5.13. The molecule has 1 heterocycles. The van der Waals surface area contributed by atoms with Gasteiger partial charge >= 0.3 is 0 Å². The fourth-order valence-corrected chi connectivity index (χ4v) is 3.44. The van der Waals surface area contributed by atoms with E-state index in [2.05, 4.69) is 12.2 Å². The summed E-state index contributed by atoms with van der Waals surface area (Å²) in [5.41, 5.74) is 0.219. The second kappa shape index (κ2) is 9.12. The first kappa shape index (κ1) is 19.6. The minimum Gasteiger partial charge on any atom is -0.356 e. The van der Waals surface area contributed by atoms with Crippen LogP contribution in [0.1, 0.15) is 43.0 Å². The number of hydrogen-bond donors (Lipinski definition) is 1. The fraction of sp³-hybridized carbons (Fsp3) is 0.529. The SMILES string of the molecule is CCCCNC(=O)C1CCCN(C(=O)c2cc([N+](=O)[O-])ccc2I)C1. The Labute approximate surface area is 160 Å². The number of benzene rings is 1. The molecule has 0 spiro atoms. The Morgan fingerprint density at radius 2 is 2.20 bits per heavy atom. The van der Waals surface area contributed by atoms with Crippen molar-refractivity contribution >= 4 is 40.1 Å². The Hall–Kier alpha value is -1.71. The van der Waals surface area contributed by atoms with Gasteiger partial charge in [-0.2, -0.15) is 0 Å². The maximum absolute atomic E-state index is 12.8. The number of nitro benzene ring substituents is 1. The molecule has 0 bridgehead atoms. The number of non-ortho nitro benzene ring substituents is 1. The molecule has 1 aliphatic heterocycles. The van der Waals surface area contributed by atoms with Crippen LogP contribution in [0.3, 0.4) is 0 Å². The highest BCUT2D eigenvalue weighted by Crippen LogP contribution is 2.24. The number of likely N-dealkylation sites (tertiary alicyclic amines) is 1. The van der Waals surface area contributed by atoms with Crippen molar-refractivity contribution in [1.82, 2.24) is 10.2 Å². The Morgan fingerprint density at radius 3 is 2.88 bits per heavy atom. The van der Waals surface area contributed by atoms with Crippen molar-refractivity contribution in [2.75, 3.05) is 19.6 Å². The summed E-state index contributed by atoms with van der Waals surface area (Å²) in [6.07, 6.45) is 3.46. The summed E-state index contributed by atoms with van der Waals surface area (Å²) in [6, 6.07) is 4.28. The highest BCUT2D eigenvalue weighted by atomic mass is 127. The van der Waals surface area contributed by atoms with Gasteiger partial charge in [-0.1, -0.05) is 13.3 Å². The molecule has 1 N–H and O–H groups in total. The van der Waals surface area contributed by atoms with Crippen LogP contribution in [0.4, 0.5) is 5.69 Å². The number of hydrogen-bond acceptors (Lipinski definition) is 4. The standard InChI is InChI=1S/C17H22IN3O4/c1-2-3-8-19-16(22)12-5-4-9-20(11-12)17(23)14-10-13(21(24)25)6-7-15(14)18/h6-7,10,12H,2-5,8-9,11H2,1H3,(H,19,22). The van der Waals surface area contributed by atoms with Gasteiger partial charge in [0.1, 0.15) is 0 Å². The first-order valence-corrected chi connectivity index (χ1v) is 9.52. The Balaban J connectivity index is 2.08. The maximum Gasteiger partial charge on any atom is 0.270 e. The van der Waals surface area contributed by atoms with Gasteiger partial charge in [-0.15, -0.1) is 0 Å². The van der Waals surface area contributed by atoms with Gasteiger partial charge in [-0.25, -0.2) is 0 Å². The monoisotopic (exact) mass is 459 g/mol. The molecule has 2 rings (SSSR count). The third-order valence-corrected chi connectivity index (χ3v) is 5.24. The lowest BCUT2D eigenvalue weighted by atomic mass is 9.96. The van der Waals surface area contributed by atoms with Gasteiger partial charge < -0.3 is 10.2 Å². The van der Waals surface area contributed by atoms with Crippen molar-refractivity contribution in [3.8, 4) is 0 Å². The molecule has 1 aromatic carbocycles. The van der Waals surface area contributed by atoms with Crippen molar-refractivity contribution in [3.05, 3.63) is 37.4 Å². The van der Waals surface area contributed by atoms with Gasteiger partial charge in [0.25, 0.3) is 11.6 Å².